The third-order valence-electron chi connectivity index (χ3n) is 9.15. The first-order chi connectivity index (χ1) is 20.4. The van der Waals surface area contributed by atoms with Gasteiger partial charge in [0.1, 0.15) is 11.4 Å². The number of aryl methyl sites for hydroxylation is 2. The molecule has 7 heteroatoms. The van der Waals surface area contributed by atoms with Crippen LogP contribution in [-0.4, -0.2) is 71.6 Å². The van der Waals surface area contributed by atoms with Gasteiger partial charge < -0.3 is 18.8 Å². The summed E-state index contributed by atoms with van der Waals surface area (Å²) < 4.78 is 13.3. The van der Waals surface area contributed by atoms with E-state index in [0.29, 0.717) is 5.91 Å². The number of pyridine rings is 1. The van der Waals surface area contributed by atoms with Gasteiger partial charge >= 0.3 is 0 Å². The predicted octanol–water partition coefficient (Wildman–Crippen LogP) is 6.14. The van der Waals surface area contributed by atoms with Gasteiger partial charge in [0.15, 0.2) is 0 Å². The van der Waals surface area contributed by atoms with E-state index in [1.54, 1.807) is 14.2 Å². The number of aromatic nitrogens is 2. The van der Waals surface area contributed by atoms with E-state index in [2.05, 4.69) is 76.7 Å². The van der Waals surface area contributed by atoms with Crippen molar-refractivity contribution in [2.75, 3.05) is 40.4 Å². The molecule has 2 aromatic heterocycles. The molecule has 2 atom stereocenters. The van der Waals surface area contributed by atoms with E-state index in [0.717, 1.165) is 86.8 Å². The van der Waals surface area contributed by atoms with E-state index >= 15 is 0 Å². The van der Waals surface area contributed by atoms with E-state index in [-0.39, 0.29) is 12.0 Å². The number of ether oxygens (including phenoxy) is 2. The third kappa shape index (κ3) is 5.81. The molecule has 4 aromatic rings. The van der Waals surface area contributed by atoms with Crippen LogP contribution in [0.15, 0.2) is 60.8 Å². The van der Waals surface area contributed by atoms with Gasteiger partial charge in [-0.05, 0) is 86.2 Å². The largest absolute Gasteiger partial charge is 0.497 e. The molecule has 1 saturated heterocycles. The van der Waals surface area contributed by atoms with Gasteiger partial charge in [-0.1, -0.05) is 30.2 Å². The average Bonchev–Trinajstić information content (AvgIpc) is 3.39. The smallest absolute Gasteiger partial charge is 0.225 e. The van der Waals surface area contributed by atoms with Crippen LogP contribution in [-0.2, 0) is 16.1 Å². The molecule has 2 fully saturated rings. The topological polar surface area (TPSA) is 59.3 Å². The first-order valence-electron chi connectivity index (χ1n) is 15.2. The summed E-state index contributed by atoms with van der Waals surface area (Å²) in [7, 11) is 3.45. The van der Waals surface area contributed by atoms with Crippen molar-refractivity contribution in [1.82, 2.24) is 19.2 Å². The van der Waals surface area contributed by atoms with Crippen LogP contribution in [0.2, 0.25) is 0 Å². The van der Waals surface area contributed by atoms with Crippen molar-refractivity contribution in [1.29, 1.82) is 0 Å². The minimum Gasteiger partial charge on any atom is -0.497 e. The van der Waals surface area contributed by atoms with Crippen molar-refractivity contribution in [2.45, 2.75) is 52.2 Å². The summed E-state index contributed by atoms with van der Waals surface area (Å²) in [6.45, 7) is 8.28. The summed E-state index contributed by atoms with van der Waals surface area (Å²) in [5.74, 6) is 1.24. The van der Waals surface area contributed by atoms with Crippen LogP contribution in [0.5, 0.6) is 5.75 Å². The number of amides is 1. The lowest BCUT2D eigenvalue weighted by atomic mass is 9.86. The molecule has 1 saturated carbocycles. The van der Waals surface area contributed by atoms with E-state index < -0.39 is 0 Å². The third-order valence-corrected chi connectivity index (χ3v) is 9.15. The molecule has 0 N–H and O–H groups in total. The van der Waals surface area contributed by atoms with Crippen molar-refractivity contribution in [2.24, 2.45) is 5.92 Å². The Morgan fingerprint density at radius 2 is 1.69 bits per heavy atom. The standard InChI is InChI=1S/C35H42N4O3/c1-24-8-9-25(2)31(20-24)28-12-15-33-36-34(26-10-13-29(41-3)14-11-26)32(39(33)22-28)23-37-16-18-38(19-17-37)35(40)27-6-5-7-30(21-27)42-4/h8-15,20,22,27,30H,5-7,16-19,21,23H2,1-4H3. The van der Waals surface area contributed by atoms with Crippen LogP contribution in [0.4, 0.5) is 0 Å². The number of hydrogen-bond acceptors (Lipinski definition) is 5. The molecule has 2 aliphatic rings. The van der Waals surface area contributed by atoms with Crippen molar-refractivity contribution >= 4 is 11.6 Å². The van der Waals surface area contributed by atoms with E-state index in [4.69, 9.17) is 14.5 Å². The number of rotatable bonds is 7. The Labute approximate surface area is 249 Å². The van der Waals surface area contributed by atoms with Crippen LogP contribution in [0.1, 0.15) is 42.5 Å². The van der Waals surface area contributed by atoms with Gasteiger partial charge in [0.2, 0.25) is 5.91 Å². The number of carbonyl (C=O) groups excluding carboxylic acids is 1. The van der Waals surface area contributed by atoms with Gasteiger partial charge in [0.05, 0.1) is 24.6 Å². The van der Waals surface area contributed by atoms with Crippen molar-refractivity contribution < 1.29 is 14.3 Å². The summed E-state index contributed by atoms with van der Waals surface area (Å²) >= 11 is 0. The molecule has 0 bridgehead atoms. The second-order valence-electron chi connectivity index (χ2n) is 11.9. The number of methoxy groups -OCH3 is 2. The van der Waals surface area contributed by atoms with E-state index in [1.165, 1.54) is 22.3 Å². The molecule has 1 aliphatic heterocycles. The van der Waals surface area contributed by atoms with Gasteiger partial charge in [-0.2, -0.15) is 0 Å². The number of benzene rings is 2. The Hall–Kier alpha value is -3.68. The Kier molecular flexibility index (Phi) is 8.31. The second-order valence-corrected chi connectivity index (χ2v) is 11.9. The molecular formula is C35H42N4O3. The molecule has 2 aromatic carbocycles. The average molecular weight is 567 g/mol. The highest BCUT2D eigenvalue weighted by molar-refractivity contribution is 5.79. The highest BCUT2D eigenvalue weighted by Crippen LogP contribution is 2.32. The Bertz CT molecular complexity index is 1550. The highest BCUT2D eigenvalue weighted by Gasteiger charge is 2.32. The summed E-state index contributed by atoms with van der Waals surface area (Å²) in [5.41, 5.74) is 9.09. The van der Waals surface area contributed by atoms with Crippen LogP contribution < -0.4 is 4.74 Å². The number of piperazine rings is 1. The number of hydrogen-bond donors (Lipinski definition) is 0. The fraction of sp³-hybridized carbons (Fsp3) is 0.429. The van der Waals surface area contributed by atoms with E-state index in [9.17, 15) is 4.79 Å². The van der Waals surface area contributed by atoms with Gasteiger partial charge in [-0.15, -0.1) is 0 Å². The van der Waals surface area contributed by atoms with Crippen LogP contribution in [0, 0.1) is 19.8 Å². The quantitative estimate of drug-likeness (QED) is 0.269. The molecule has 1 amide bonds. The van der Waals surface area contributed by atoms with Crippen molar-refractivity contribution in [3.63, 3.8) is 0 Å². The fourth-order valence-corrected chi connectivity index (χ4v) is 6.61. The van der Waals surface area contributed by atoms with Gasteiger partial charge in [0, 0.05) is 57.5 Å². The molecular weight excluding hydrogens is 524 g/mol. The van der Waals surface area contributed by atoms with Gasteiger partial charge in [-0.25, -0.2) is 4.98 Å². The monoisotopic (exact) mass is 566 g/mol. The number of imidazole rings is 1. The molecule has 42 heavy (non-hydrogen) atoms. The molecule has 0 radical (unpaired) electrons. The normalized spacial score (nSPS) is 19.8. The Balaban J connectivity index is 1.28. The summed E-state index contributed by atoms with van der Waals surface area (Å²) in [4.78, 5) is 23.0. The highest BCUT2D eigenvalue weighted by atomic mass is 16.5. The zero-order valence-electron chi connectivity index (χ0n) is 25.3. The zero-order valence-corrected chi connectivity index (χ0v) is 25.3. The molecule has 6 rings (SSSR count). The van der Waals surface area contributed by atoms with E-state index in [1.807, 2.05) is 12.1 Å². The minimum absolute atomic E-state index is 0.0965. The lowest BCUT2D eigenvalue weighted by Gasteiger charge is -2.38. The second kappa shape index (κ2) is 12.3. The van der Waals surface area contributed by atoms with Crippen LogP contribution in [0.3, 0.4) is 0 Å². The number of carbonyl (C=O) groups is 1. The predicted molar refractivity (Wildman–Crippen MR) is 167 cm³/mol. The zero-order chi connectivity index (χ0) is 29.2. The Morgan fingerprint density at radius 3 is 2.43 bits per heavy atom. The van der Waals surface area contributed by atoms with Crippen molar-refractivity contribution in [3.05, 3.63) is 77.6 Å². The SMILES string of the molecule is COc1ccc(-c2nc3ccc(-c4cc(C)ccc4C)cn3c2CN2CCN(C(=O)C3CCCC(OC)C3)CC2)cc1. The molecule has 0 spiro atoms. The van der Waals surface area contributed by atoms with Crippen LogP contribution in [0.25, 0.3) is 28.0 Å². The summed E-state index contributed by atoms with van der Waals surface area (Å²) in [6.07, 6.45) is 6.42. The lowest BCUT2D eigenvalue weighted by molar-refractivity contribution is -0.140. The first-order valence-corrected chi connectivity index (χ1v) is 15.2. The maximum atomic E-state index is 13.4. The Morgan fingerprint density at radius 1 is 0.929 bits per heavy atom. The first kappa shape index (κ1) is 28.4. The van der Waals surface area contributed by atoms with Gasteiger partial charge in [0.25, 0.3) is 0 Å². The maximum absolute atomic E-state index is 13.4. The maximum Gasteiger partial charge on any atom is 0.225 e. The molecule has 2 unspecified atom stereocenters. The van der Waals surface area contributed by atoms with Crippen LogP contribution >= 0.6 is 0 Å². The molecule has 7 nitrogen and oxygen atoms in total. The van der Waals surface area contributed by atoms with Gasteiger partial charge in [-0.3, -0.25) is 9.69 Å². The number of fused-ring (bicyclic) bond motifs is 1. The molecule has 1 aliphatic carbocycles. The van der Waals surface area contributed by atoms with Crippen molar-refractivity contribution in [3.8, 4) is 28.1 Å². The summed E-state index contributed by atoms with van der Waals surface area (Å²) in [6, 6.07) is 19.1. The number of nitrogens with zero attached hydrogens (tertiary/aromatic N) is 4. The molecule has 220 valence electrons. The summed E-state index contributed by atoms with van der Waals surface area (Å²) in [5, 5.41) is 0. The minimum atomic E-state index is 0.0965. The lowest BCUT2D eigenvalue weighted by Crippen LogP contribution is -2.50. The molecule has 3 heterocycles. The fourth-order valence-electron chi connectivity index (χ4n) is 6.61.